The van der Waals surface area contributed by atoms with E-state index in [0.29, 0.717) is 5.82 Å². The fourth-order valence-corrected chi connectivity index (χ4v) is 2.65. The molecule has 1 fully saturated rings. The number of aromatic nitrogens is 2. The minimum atomic E-state index is -4.50. The van der Waals surface area contributed by atoms with Gasteiger partial charge < -0.3 is 15.1 Å². The van der Waals surface area contributed by atoms with Gasteiger partial charge in [0.1, 0.15) is 18.0 Å². The van der Waals surface area contributed by atoms with E-state index in [9.17, 15) is 18.0 Å². The molecule has 0 atom stereocenters. The van der Waals surface area contributed by atoms with Gasteiger partial charge >= 0.3 is 6.18 Å². The summed E-state index contributed by atoms with van der Waals surface area (Å²) >= 11 is 0. The number of nitrogens with one attached hydrogen (secondary N) is 1. The van der Waals surface area contributed by atoms with Crippen LogP contribution in [-0.2, 0) is 6.18 Å². The molecule has 6 nitrogen and oxygen atoms in total. The number of carbonyl (C=O) groups is 1. The Labute approximate surface area is 148 Å². The standard InChI is InChI=1S/C17H18F3N5O/c1-24-5-7-25(8-6-24)15-10-14(21-11-22-15)23-16(26)12-3-2-4-13(9-12)17(18,19)20/h2-4,9-11H,5-8H2,1H3,(H,21,22,23,26). The summed E-state index contributed by atoms with van der Waals surface area (Å²) in [6.07, 6.45) is -3.17. The highest BCUT2D eigenvalue weighted by Crippen LogP contribution is 2.29. The maximum absolute atomic E-state index is 12.8. The number of rotatable bonds is 3. The summed E-state index contributed by atoms with van der Waals surface area (Å²) in [6.45, 7) is 3.40. The number of halogens is 3. The smallest absolute Gasteiger partial charge is 0.354 e. The van der Waals surface area contributed by atoms with Crippen molar-refractivity contribution in [3.05, 3.63) is 47.8 Å². The van der Waals surface area contributed by atoms with Crippen LogP contribution in [0.25, 0.3) is 0 Å². The highest BCUT2D eigenvalue weighted by Gasteiger charge is 2.31. The maximum Gasteiger partial charge on any atom is 0.416 e. The lowest BCUT2D eigenvalue weighted by Gasteiger charge is -2.33. The quantitative estimate of drug-likeness (QED) is 0.906. The first kappa shape index (κ1) is 18.1. The lowest BCUT2D eigenvalue weighted by molar-refractivity contribution is -0.137. The molecule has 1 aromatic heterocycles. The van der Waals surface area contributed by atoms with Gasteiger partial charge in [0.05, 0.1) is 5.56 Å². The average Bonchev–Trinajstić information content (AvgIpc) is 2.62. The number of carbonyl (C=O) groups excluding carboxylic acids is 1. The number of hydrogen-bond acceptors (Lipinski definition) is 5. The van der Waals surface area contributed by atoms with Gasteiger partial charge in [-0.15, -0.1) is 0 Å². The predicted octanol–water partition coefficient (Wildman–Crippen LogP) is 2.50. The first-order valence-electron chi connectivity index (χ1n) is 8.07. The van der Waals surface area contributed by atoms with Crippen molar-refractivity contribution in [3.8, 4) is 0 Å². The van der Waals surface area contributed by atoms with Crippen molar-refractivity contribution < 1.29 is 18.0 Å². The van der Waals surface area contributed by atoms with Crippen LogP contribution in [0.3, 0.4) is 0 Å². The molecule has 1 N–H and O–H groups in total. The fraction of sp³-hybridized carbons (Fsp3) is 0.353. The van der Waals surface area contributed by atoms with E-state index in [4.69, 9.17) is 0 Å². The van der Waals surface area contributed by atoms with Gasteiger partial charge in [0, 0.05) is 37.8 Å². The molecular formula is C17H18F3N5O. The SMILES string of the molecule is CN1CCN(c2cc(NC(=O)c3cccc(C(F)(F)F)c3)ncn2)CC1. The number of piperazine rings is 1. The number of alkyl halides is 3. The van der Waals surface area contributed by atoms with E-state index in [1.807, 2.05) is 7.05 Å². The van der Waals surface area contributed by atoms with Crippen molar-refractivity contribution in [2.45, 2.75) is 6.18 Å². The molecular weight excluding hydrogens is 347 g/mol. The molecule has 0 radical (unpaired) electrons. The number of benzene rings is 1. The van der Waals surface area contributed by atoms with Gasteiger partial charge in [-0.25, -0.2) is 9.97 Å². The molecule has 26 heavy (non-hydrogen) atoms. The molecule has 1 aromatic carbocycles. The first-order chi connectivity index (χ1) is 12.3. The minimum absolute atomic E-state index is 0.0837. The molecule has 9 heteroatoms. The number of amides is 1. The first-order valence-corrected chi connectivity index (χ1v) is 8.07. The predicted molar refractivity (Wildman–Crippen MR) is 91.1 cm³/mol. The van der Waals surface area contributed by atoms with Gasteiger partial charge in [-0.2, -0.15) is 13.2 Å². The van der Waals surface area contributed by atoms with E-state index in [2.05, 4.69) is 25.1 Å². The zero-order chi connectivity index (χ0) is 18.7. The Morgan fingerprint density at radius 3 is 2.54 bits per heavy atom. The topological polar surface area (TPSA) is 61.4 Å². The van der Waals surface area contributed by atoms with Gasteiger partial charge in [0.25, 0.3) is 5.91 Å². The zero-order valence-electron chi connectivity index (χ0n) is 14.1. The molecule has 138 valence electrons. The van der Waals surface area contributed by atoms with Crippen LogP contribution in [0.15, 0.2) is 36.7 Å². The Morgan fingerprint density at radius 1 is 1.12 bits per heavy atom. The number of nitrogens with zero attached hydrogens (tertiary/aromatic N) is 4. The van der Waals surface area contributed by atoms with Crippen molar-refractivity contribution in [3.63, 3.8) is 0 Å². The summed E-state index contributed by atoms with van der Waals surface area (Å²) in [5.74, 6) is 0.267. The third-order valence-corrected chi connectivity index (χ3v) is 4.17. The Hall–Kier alpha value is -2.68. The van der Waals surface area contributed by atoms with Crippen LogP contribution in [0.4, 0.5) is 24.8 Å². The molecule has 0 bridgehead atoms. The van der Waals surface area contributed by atoms with E-state index < -0.39 is 17.6 Å². The Morgan fingerprint density at radius 2 is 1.85 bits per heavy atom. The molecule has 0 spiro atoms. The zero-order valence-corrected chi connectivity index (χ0v) is 14.1. The second-order valence-electron chi connectivity index (χ2n) is 6.08. The summed E-state index contributed by atoms with van der Waals surface area (Å²) < 4.78 is 38.3. The van der Waals surface area contributed by atoms with Gasteiger partial charge in [-0.1, -0.05) is 6.07 Å². The van der Waals surface area contributed by atoms with Crippen molar-refractivity contribution in [2.24, 2.45) is 0 Å². The lowest BCUT2D eigenvalue weighted by atomic mass is 10.1. The van der Waals surface area contributed by atoms with Gasteiger partial charge in [-0.3, -0.25) is 4.79 Å². The van der Waals surface area contributed by atoms with Crippen molar-refractivity contribution in [2.75, 3.05) is 43.4 Å². The minimum Gasteiger partial charge on any atom is -0.354 e. The highest BCUT2D eigenvalue weighted by molar-refractivity contribution is 6.04. The van der Waals surface area contributed by atoms with Crippen LogP contribution >= 0.6 is 0 Å². The Bertz CT molecular complexity index is 788. The average molecular weight is 365 g/mol. The van der Waals surface area contributed by atoms with Gasteiger partial charge in [0.15, 0.2) is 0 Å². The van der Waals surface area contributed by atoms with E-state index in [1.165, 1.54) is 18.5 Å². The number of anilines is 2. The van der Waals surface area contributed by atoms with E-state index in [1.54, 1.807) is 6.07 Å². The lowest BCUT2D eigenvalue weighted by Crippen LogP contribution is -2.44. The fourth-order valence-electron chi connectivity index (χ4n) is 2.65. The number of likely N-dealkylation sites (N-methyl/N-ethyl adjacent to an activating group) is 1. The third kappa shape index (κ3) is 4.29. The molecule has 0 unspecified atom stereocenters. The Balaban J connectivity index is 1.73. The van der Waals surface area contributed by atoms with Gasteiger partial charge in [-0.05, 0) is 25.2 Å². The molecule has 3 rings (SSSR count). The molecule has 0 aliphatic carbocycles. The number of hydrogen-bond donors (Lipinski definition) is 1. The van der Waals surface area contributed by atoms with Crippen molar-refractivity contribution >= 4 is 17.5 Å². The third-order valence-electron chi connectivity index (χ3n) is 4.17. The Kier molecular flexibility index (Phi) is 5.08. The summed E-state index contributed by atoms with van der Waals surface area (Å²) in [4.78, 5) is 24.7. The van der Waals surface area contributed by atoms with Crippen LogP contribution in [0.1, 0.15) is 15.9 Å². The second-order valence-corrected chi connectivity index (χ2v) is 6.08. The molecule has 0 saturated carbocycles. The van der Waals surface area contributed by atoms with Crippen LogP contribution in [0, 0.1) is 0 Å². The highest BCUT2D eigenvalue weighted by atomic mass is 19.4. The van der Waals surface area contributed by atoms with Crippen molar-refractivity contribution in [1.82, 2.24) is 14.9 Å². The monoisotopic (exact) mass is 365 g/mol. The maximum atomic E-state index is 12.8. The van der Waals surface area contributed by atoms with E-state index in [0.717, 1.165) is 38.3 Å². The molecule has 2 heterocycles. The van der Waals surface area contributed by atoms with Crippen LogP contribution in [0.2, 0.25) is 0 Å². The van der Waals surface area contributed by atoms with Crippen LogP contribution in [-0.4, -0.2) is 54.0 Å². The molecule has 1 aliphatic heterocycles. The van der Waals surface area contributed by atoms with E-state index in [-0.39, 0.29) is 11.4 Å². The summed E-state index contributed by atoms with van der Waals surface area (Å²) in [5, 5.41) is 2.53. The molecule has 1 amide bonds. The van der Waals surface area contributed by atoms with Crippen molar-refractivity contribution in [1.29, 1.82) is 0 Å². The van der Waals surface area contributed by atoms with Crippen LogP contribution < -0.4 is 10.2 Å². The molecule has 2 aromatic rings. The van der Waals surface area contributed by atoms with Crippen LogP contribution in [0.5, 0.6) is 0 Å². The largest absolute Gasteiger partial charge is 0.416 e. The molecule has 1 saturated heterocycles. The second kappa shape index (κ2) is 7.28. The summed E-state index contributed by atoms with van der Waals surface area (Å²) in [5.41, 5.74) is -0.953. The van der Waals surface area contributed by atoms with Gasteiger partial charge in [0.2, 0.25) is 0 Å². The normalized spacial score (nSPS) is 15.8. The summed E-state index contributed by atoms with van der Waals surface area (Å²) in [7, 11) is 2.04. The van der Waals surface area contributed by atoms with E-state index >= 15 is 0 Å². The summed E-state index contributed by atoms with van der Waals surface area (Å²) in [6, 6.07) is 5.89. The molecule has 1 aliphatic rings.